The van der Waals surface area contributed by atoms with Crippen LogP contribution in [0, 0.1) is 5.92 Å². The van der Waals surface area contributed by atoms with Crippen molar-refractivity contribution in [2.45, 2.75) is 19.4 Å². The lowest BCUT2D eigenvalue weighted by Crippen LogP contribution is -2.53. The van der Waals surface area contributed by atoms with Gasteiger partial charge in [-0.1, -0.05) is 6.92 Å². The minimum atomic E-state index is -0.141. The quantitative estimate of drug-likeness (QED) is 0.553. The van der Waals surface area contributed by atoms with Crippen LogP contribution in [0.3, 0.4) is 0 Å². The Kier molecular flexibility index (Phi) is 6.17. The van der Waals surface area contributed by atoms with Gasteiger partial charge in [0.1, 0.15) is 24.4 Å². The third kappa shape index (κ3) is 4.53. The number of nitrogens with one attached hydrogen (secondary N) is 2. The van der Waals surface area contributed by atoms with E-state index in [2.05, 4.69) is 37.1 Å². The SMILES string of the molecule is CC1CCN(C(=O)Nc2ccc(OCCN)nc2)CC1N(C)c1ncnc2[nH]ccc12. The van der Waals surface area contributed by atoms with E-state index in [1.54, 1.807) is 24.7 Å². The highest BCUT2D eigenvalue weighted by atomic mass is 16.5. The van der Waals surface area contributed by atoms with Crippen LogP contribution in [0.2, 0.25) is 0 Å². The molecule has 1 fully saturated rings. The fraction of sp³-hybridized carbons (Fsp3) is 0.429. The highest BCUT2D eigenvalue weighted by molar-refractivity contribution is 5.89. The zero-order chi connectivity index (χ0) is 21.8. The average Bonchev–Trinajstić information content (AvgIpc) is 3.27. The largest absolute Gasteiger partial charge is 0.476 e. The van der Waals surface area contributed by atoms with Crippen LogP contribution in [0.4, 0.5) is 16.3 Å². The summed E-state index contributed by atoms with van der Waals surface area (Å²) in [5, 5.41) is 3.90. The number of hydrogen-bond donors (Lipinski definition) is 3. The number of likely N-dealkylation sites (tertiary alicyclic amines) is 1. The lowest BCUT2D eigenvalue weighted by Gasteiger charge is -2.42. The molecule has 2 amide bonds. The molecule has 164 valence electrons. The molecule has 0 bridgehead atoms. The standard InChI is InChI=1S/C21H28N8O2/c1-14-6-9-29(21(30)27-15-3-4-18(24-11-15)31-10-7-22)12-17(14)28(2)20-16-5-8-23-19(16)25-13-26-20/h3-5,8,11,13-14,17H,6-7,9-10,12,22H2,1-2H3,(H,27,30)(H,23,25,26). The number of urea groups is 1. The highest BCUT2D eigenvalue weighted by Gasteiger charge is 2.32. The van der Waals surface area contributed by atoms with E-state index >= 15 is 0 Å². The number of nitrogens with zero attached hydrogens (tertiary/aromatic N) is 5. The van der Waals surface area contributed by atoms with Crippen LogP contribution >= 0.6 is 0 Å². The third-order valence-electron chi connectivity index (χ3n) is 5.73. The Morgan fingerprint density at radius 2 is 2.23 bits per heavy atom. The van der Waals surface area contributed by atoms with Crippen molar-refractivity contribution < 1.29 is 9.53 Å². The maximum absolute atomic E-state index is 12.9. The van der Waals surface area contributed by atoms with Crippen LogP contribution in [-0.2, 0) is 0 Å². The summed E-state index contributed by atoms with van der Waals surface area (Å²) in [6.07, 6.45) is 5.93. The first-order valence-electron chi connectivity index (χ1n) is 10.4. The Morgan fingerprint density at radius 1 is 1.35 bits per heavy atom. The number of ether oxygens (including phenoxy) is 1. The second-order valence-electron chi connectivity index (χ2n) is 7.78. The molecule has 0 radical (unpaired) electrons. The number of fused-ring (bicyclic) bond motifs is 1. The summed E-state index contributed by atoms with van der Waals surface area (Å²) in [6.45, 7) is 4.35. The zero-order valence-corrected chi connectivity index (χ0v) is 17.8. The fourth-order valence-corrected chi connectivity index (χ4v) is 3.94. The van der Waals surface area contributed by atoms with Crippen LogP contribution < -0.4 is 20.7 Å². The molecular formula is C21H28N8O2. The second-order valence-corrected chi connectivity index (χ2v) is 7.78. The summed E-state index contributed by atoms with van der Waals surface area (Å²) < 4.78 is 5.37. The highest BCUT2D eigenvalue weighted by Crippen LogP contribution is 2.28. The third-order valence-corrected chi connectivity index (χ3v) is 5.73. The molecule has 0 saturated carbocycles. The molecule has 0 aromatic carbocycles. The molecule has 3 aromatic heterocycles. The molecule has 0 spiro atoms. The number of hydrogen-bond acceptors (Lipinski definition) is 7. The molecule has 4 heterocycles. The second kappa shape index (κ2) is 9.17. The van der Waals surface area contributed by atoms with Gasteiger partial charge in [0.25, 0.3) is 0 Å². The van der Waals surface area contributed by atoms with Crippen molar-refractivity contribution in [1.82, 2.24) is 24.8 Å². The lowest BCUT2D eigenvalue weighted by molar-refractivity contribution is 0.172. The van der Waals surface area contributed by atoms with Crippen molar-refractivity contribution in [2.24, 2.45) is 11.7 Å². The molecule has 10 nitrogen and oxygen atoms in total. The van der Waals surface area contributed by atoms with Gasteiger partial charge in [0.05, 0.1) is 23.3 Å². The van der Waals surface area contributed by atoms with Crippen LogP contribution in [0.1, 0.15) is 13.3 Å². The molecule has 0 aliphatic carbocycles. The number of pyridine rings is 1. The summed E-state index contributed by atoms with van der Waals surface area (Å²) in [5.41, 5.74) is 6.86. The minimum absolute atomic E-state index is 0.137. The number of amides is 2. The van der Waals surface area contributed by atoms with E-state index < -0.39 is 0 Å². The number of nitrogens with two attached hydrogens (primary N) is 1. The van der Waals surface area contributed by atoms with E-state index in [0.29, 0.717) is 43.7 Å². The molecule has 3 aromatic rings. The minimum Gasteiger partial charge on any atom is -0.476 e. The maximum atomic E-state index is 12.9. The van der Waals surface area contributed by atoms with Crippen molar-refractivity contribution >= 4 is 28.6 Å². The topological polar surface area (TPSA) is 125 Å². The van der Waals surface area contributed by atoms with E-state index in [9.17, 15) is 4.79 Å². The fourth-order valence-electron chi connectivity index (χ4n) is 3.94. The van der Waals surface area contributed by atoms with Crippen molar-refractivity contribution in [3.05, 3.63) is 36.9 Å². The summed E-state index contributed by atoms with van der Waals surface area (Å²) in [6, 6.07) is 5.47. The van der Waals surface area contributed by atoms with Gasteiger partial charge < -0.3 is 30.6 Å². The van der Waals surface area contributed by atoms with Gasteiger partial charge in [0.15, 0.2) is 0 Å². The monoisotopic (exact) mass is 424 g/mol. The van der Waals surface area contributed by atoms with Crippen molar-refractivity contribution in [1.29, 1.82) is 0 Å². The number of piperidine rings is 1. The van der Waals surface area contributed by atoms with Crippen molar-refractivity contribution in [2.75, 3.05) is 43.5 Å². The Morgan fingerprint density at radius 3 is 3.00 bits per heavy atom. The lowest BCUT2D eigenvalue weighted by atomic mass is 9.92. The summed E-state index contributed by atoms with van der Waals surface area (Å²) in [5.74, 6) is 1.76. The van der Waals surface area contributed by atoms with Crippen molar-refractivity contribution in [3.63, 3.8) is 0 Å². The predicted molar refractivity (Wildman–Crippen MR) is 119 cm³/mol. The number of aromatic nitrogens is 4. The van der Waals surface area contributed by atoms with Crippen LogP contribution in [0.15, 0.2) is 36.9 Å². The smallest absolute Gasteiger partial charge is 0.321 e. The first kappa shape index (κ1) is 20.9. The van der Waals surface area contributed by atoms with Gasteiger partial charge in [-0.05, 0) is 24.5 Å². The van der Waals surface area contributed by atoms with E-state index in [4.69, 9.17) is 10.5 Å². The Labute approximate surface area is 180 Å². The normalized spacial score (nSPS) is 18.7. The molecule has 1 aliphatic rings. The van der Waals surface area contributed by atoms with E-state index in [-0.39, 0.29) is 12.1 Å². The van der Waals surface area contributed by atoms with Gasteiger partial charge in [-0.25, -0.2) is 19.7 Å². The predicted octanol–water partition coefficient (Wildman–Crippen LogP) is 2.07. The number of anilines is 2. The molecular weight excluding hydrogens is 396 g/mol. The Balaban J connectivity index is 1.43. The maximum Gasteiger partial charge on any atom is 0.321 e. The van der Waals surface area contributed by atoms with E-state index in [1.165, 1.54) is 0 Å². The summed E-state index contributed by atoms with van der Waals surface area (Å²) >= 11 is 0. The van der Waals surface area contributed by atoms with Gasteiger partial charge in [0, 0.05) is 38.9 Å². The van der Waals surface area contributed by atoms with Crippen molar-refractivity contribution in [3.8, 4) is 5.88 Å². The number of H-pyrrole nitrogens is 1. The van der Waals surface area contributed by atoms with Crippen LogP contribution in [0.25, 0.3) is 11.0 Å². The van der Waals surface area contributed by atoms with Gasteiger partial charge >= 0.3 is 6.03 Å². The number of likely N-dealkylation sites (N-methyl/N-ethyl adjacent to an activating group) is 1. The number of aromatic amines is 1. The first-order chi connectivity index (χ1) is 15.1. The summed E-state index contributed by atoms with van der Waals surface area (Å²) in [7, 11) is 2.03. The molecule has 4 N–H and O–H groups in total. The van der Waals surface area contributed by atoms with Crippen LogP contribution in [-0.4, -0.2) is 70.2 Å². The Bertz CT molecular complexity index is 1020. The Hall–Kier alpha value is -3.40. The van der Waals surface area contributed by atoms with Gasteiger partial charge in [-0.15, -0.1) is 0 Å². The molecule has 1 aliphatic heterocycles. The molecule has 31 heavy (non-hydrogen) atoms. The molecule has 2 atom stereocenters. The number of carbonyl (C=O) groups is 1. The van der Waals surface area contributed by atoms with E-state index in [0.717, 1.165) is 23.3 Å². The van der Waals surface area contributed by atoms with E-state index in [1.807, 2.05) is 24.2 Å². The molecule has 1 saturated heterocycles. The molecule has 2 unspecified atom stereocenters. The molecule has 10 heteroatoms. The first-order valence-corrected chi connectivity index (χ1v) is 10.4. The van der Waals surface area contributed by atoms with Gasteiger partial charge in [-0.3, -0.25) is 0 Å². The molecule has 4 rings (SSSR count). The number of rotatable bonds is 6. The number of carbonyl (C=O) groups excluding carboxylic acids is 1. The zero-order valence-electron chi connectivity index (χ0n) is 17.8. The summed E-state index contributed by atoms with van der Waals surface area (Å²) in [4.78, 5) is 33.0. The van der Waals surface area contributed by atoms with Gasteiger partial charge in [0.2, 0.25) is 5.88 Å². The van der Waals surface area contributed by atoms with Gasteiger partial charge in [-0.2, -0.15) is 0 Å². The van der Waals surface area contributed by atoms with Crippen LogP contribution in [0.5, 0.6) is 5.88 Å². The average molecular weight is 425 g/mol.